The Balaban J connectivity index is 2.33. The molecule has 1 atom stereocenters. The Morgan fingerprint density at radius 2 is 1.56 bits per heavy atom. The monoisotopic (exact) mass is 218 g/mol. The van der Waals surface area contributed by atoms with Crippen LogP contribution in [0.25, 0.3) is 0 Å². The van der Waals surface area contributed by atoms with Gasteiger partial charge in [0.15, 0.2) is 0 Å². The smallest absolute Gasteiger partial charge is 0.0896 e. The van der Waals surface area contributed by atoms with Gasteiger partial charge < -0.3 is 5.11 Å². The fraction of sp³-hybridized carbons (Fsp3) is 0.600. The highest BCUT2D eigenvalue weighted by Crippen LogP contribution is 2.40. The van der Waals surface area contributed by atoms with Crippen LogP contribution in [0.15, 0.2) is 18.2 Å². The number of aliphatic hydroxyl groups is 1. The van der Waals surface area contributed by atoms with E-state index in [-0.39, 0.29) is 0 Å². The van der Waals surface area contributed by atoms with Crippen molar-refractivity contribution in [2.45, 2.75) is 52.1 Å². The summed E-state index contributed by atoms with van der Waals surface area (Å²) in [5.41, 5.74) is 2.94. The lowest BCUT2D eigenvalue weighted by Crippen LogP contribution is -2.30. The summed E-state index contributed by atoms with van der Waals surface area (Å²) in [6.45, 7) is 6.18. The van der Waals surface area contributed by atoms with Gasteiger partial charge in [-0.25, -0.2) is 0 Å². The zero-order chi connectivity index (χ0) is 11.8. The van der Waals surface area contributed by atoms with Crippen LogP contribution < -0.4 is 0 Å². The maximum atomic E-state index is 10.7. The van der Waals surface area contributed by atoms with Crippen molar-refractivity contribution in [2.75, 3.05) is 0 Å². The van der Waals surface area contributed by atoms with Crippen LogP contribution in [0.3, 0.4) is 0 Å². The molecule has 2 rings (SSSR count). The van der Waals surface area contributed by atoms with Crippen LogP contribution in [0.2, 0.25) is 0 Å². The molecule has 0 unspecified atom stereocenters. The zero-order valence-corrected chi connectivity index (χ0v) is 10.6. The van der Waals surface area contributed by atoms with Gasteiger partial charge in [-0.3, -0.25) is 0 Å². The fourth-order valence-corrected chi connectivity index (χ4v) is 2.99. The van der Waals surface area contributed by atoms with Gasteiger partial charge in [-0.15, -0.1) is 0 Å². The van der Waals surface area contributed by atoms with E-state index in [2.05, 4.69) is 32.0 Å². The Hall–Kier alpha value is -0.820. The van der Waals surface area contributed by atoms with E-state index in [1.165, 1.54) is 36.8 Å². The molecule has 1 N–H and O–H groups in total. The Morgan fingerprint density at radius 3 is 2.06 bits per heavy atom. The Morgan fingerprint density at radius 1 is 1.06 bits per heavy atom. The summed E-state index contributed by atoms with van der Waals surface area (Å²) in [7, 11) is 0. The fourth-order valence-electron chi connectivity index (χ4n) is 2.99. The molecule has 1 fully saturated rings. The summed E-state index contributed by atoms with van der Waals surface area (Å²) in [6.07, 6.45) is 4.87. The summed E-state index contributed by atoms with van der Waals surface area (Å²) < 4.78 is 0. The van der Waals surface area contributed by atoms with Crippen molar-refractivity contribution in [1.82, 2.24) is 0 Å². The third-order valence-electron chi connectivity index (χ3n) is 3.96. The lowest BCUT2D eigenvalue weighted by Gasteiger charge is -2.31. The van der Waals surface area contributed by atoms with Crippen LogP contribution in [0.5, 0.6) is 0 Å². The van der Waals surface area contributed by atoms with Crippen LogP contribution >= 0.6 is 0 Å². The molecule has 0 aromatic heterocycles. The maximum absolute atomic E-state index is 10.7. The second kappa shape index (κ2) is 4.21. The van der Waals surface area contributed by atoms with E-state index < -0.39 is 5.60 Å². The molecule has 1 aromatic carbocycles. The highest BCUT2D eigenvalue weighted by molar-refractivity contribution is 5.32. The average molecular weight is 218 g/mol. The number of benzene rings is 1. The van der Waals surface area contributed by atoms with Crippen LogP contribution in [-0.2, 0) is 5.60 Å². The molecule has 16 heavy (non-hydrogen) atoms. The maximum Gasteiger partial charge on any atom is 0.0896 e. The van der Waals surface area contributed by atoms with Crippen molar-refractivity contribution in [3.05, 3.63) is 34.9 Å². The lowest BCUT2D eigenvalue weighted by molar-refractivity contribution is -0.00341. The SMILES string of the molecule is Cc1cc(C)cc([C@@](C)(O)C2CCCC2)c1. The molecule has 0 spiro atoms. The van der Waals surface area contributed by atoms with E-state index in [4.69, 9.17) is 0 Å². The first-order chi connectivity index (χ1) is 7.50. The second-order valence-electron chi connectivity index (χ2n) is 5.51. The largest absolute Gasteiger partial charge is 0.385 e. The molecule has 0 amide bonds. The van der Waals surface area contributed by atoms with Crippen molar-refractivity contribution in [2.24, 2.45) is 5.92 Å². The van der Waals surface area contributed by atoms with Gasteiger partial charge in [0.1, 0.15) is 0 Å². The summed E-state index contributed by atoms with van der Waals surface area (Å²) in [4.78, 5) is 0. The molecule has 0 heterocycles. The number of hydrogen-bond acceptors (Lipinski definition) is 1. The molecule has 0 aliphatic heterocycles. The minimum atomic E-state index is -0.646. The number of rotatable bonds is 2. The summed E-state index contributed by atoms with van der Waals surface area (Å²) >= 11 is 0. The highest BCUT2D eigenvalue weighted by Gasteiger charge is 2.35. The third-order valence-corrected chi connectivity index (χ3v) is 3.96. The minimum absolute atomic E-state index is 0.439. The van der Waals surface area contributed by atoms with E-state index in [1.54, 1.807) is 0 Å². The lowest BCUT2D eigenvalue weighted by atomic mass is 9.81. The number of hydrogen-bond donors (Lipinski definition) is 1. The highest BCUT2D eigenvalue weighted by atomic mass is 16.3. The quantitative estimate of drug-likeness (QED) is 0.802. The molecule has 0 saturated heterocycles. The first-order valence-electron chi connectivity index (χ1n) is 6.31. The zero-order valence-electron chi connectivity index (χ0n) is 10.6. The standard InChI is InChI=1S/C15H22O/c1-11-8-12(2)10-14(9-11)15(3,16)13-6-4-5-7-13/h8-10,13,16H,4-7H2,1-3H3/t15-/m0/s1. The first-order valence-corrected chi connectivity index (χ1v) is 6.31. The summed E-state index contributed by atoms with van der Waals surface area (Å²) in [6, 6.07) is 6.42. The normalized spacial score (nSPS) is 21.0. The van der Waals surface area contributed by atoms with Gasteiger partial charge in [0.25, 0.3) is 0 Å². The van der Waals surface area contributed by atoms with Crippen molar-refractivity contribution < 1.29 is 5.11 Å². The molecule has 1 nitrogen and oxygen atoms in total. The van der Waals surface area contributed by atoms with Crippen LogP contribution in [0.4, 0.5) is 0 Å². The van der Waals surface area contributed by atoms with Gasteiger partial charge in [0, 0.05) is 0 Å². The topological polar surface area (TPSA) is 20.2 Å². The molecule has 0 radical (unpaired) electrons. The van der Waals surface area contributed by atoms with Crippen molar-refractivity contribution >= 4 is 0 Å². The van der Waals surface area contributed by atoms with Crippen LogP contribution in [0, 0.1) is 19.8 Å². The van der Waals surface area contributed by atoms with Gasteiger partial charge in [-0.2, -0.15) is 0 Å². The van der Waals surface area contributed by atoms with E-state index in [0.29, 0.717) is 5.92 Å². The molecule has 1 aromatic rings. The van der Waals surface area contributed by atoms with E-state index in [9.17, 15) is 5.11 Å². The average Bonchev–Trinajstić information content (AvgIpc) is 2.69. The van der Waals surface area contributed by atoms with Gasteiger partial charge in [0.05, 0.1) is 5.60 Å². The Kier molecular flexibility index (Phi) is 3.07. The predicted octanol–water partition coefficient (Wildman–Crippen LogP) is 3.70. The van der Waals surface area contributed by atoms with E-state index in [0.717, 1.165) is 5.56 Å². The molecule has 1 aliphatic rings. The van der Waals surface area contributed by atoms with E-state index in [1.807, 2.05) is 6.92 Å². The minimum Gasteiger partial charge on any atom is -0.385 e. The molecular weight excluding hydrogens is 196 g/mol. The predicted molar refractivity (Wildman–Crippen MR) is 67.4 cm³/mol. The van der Waals surface area contributed by atoms with Crippen LogP contribution in [0.1, 0.15) is 49.3 Å². The number of aryl methyl sites for hydroxylation is 2. The van der Waals surface area contributed by atoms with Crippen molar-refractivity contribution in [1.29, 1.82) is 0 Å². The first kappa shape index (κ1) is 11.7. The van der Waals surface area contributed by atoms with Gasteiger partial charge in [-0.1, -0.05) is 42.2 Å². The summed E-state index contributed by atoms with van der Waals surface area (Å²) in [5.74, 6) is 0.439. The molecule has 1 saturated carbocycles. The van der Waals surface area contributed by atoms with E-state index >= 15 is 0 Å². The molecule has 0 bridgehead atoms. The molecule has 88 valence electrons. The molecular formula is C15H22O. The van der Waals surface area contributed by atoms with Crippen molar-refractivity contribution in [3.63, 3.8) is 0 Å². The second-order valence-corrected chi connectivity index (χ2v) is 5.51. The molecule has 1 heteroatoms. The Labute approximate surface area is 98.5 Å². The van der Waals surface area contributed by atoms with Crippen molar-refractivity contribution in [3.8, 4) is 0 Å². The van der Waals surface area contributed by atoms with Gasteiger partial charge >= 0.3 is 0 Å². The summed E-state index contributed by atoms with van der Waals surface area (Å²) in [5, 5.41) is 10.7. The van der Waals surface area contributed by atoms with Gasteiger partial charge in [0.2, 0.25) is 0 Å². The molecule has 1 aliphatic carbocycles. The van der Waals surface area contributed by atoms with Gasteiger partial charge in [-0.05, 0) is 45.1 Å². The third kappa shape index (κ3) is 2.15. The van der Waals surface area contributed by atoms with Crippen LogP contribution in [-0.4, -0.2) is 5.11 Å². The Bertz CT molecular complexity index is 353.